The number of amides is 1. The van der Waals surface area contributed by atoms with Gasteiger partial charge in [-0.15, -0.1) is 0 Å². The Morgan fingerprint density at radius 2 is 1.90 bits per heavy atom. The first kappa shape index (κ1) is 15.8. The third-order valence-corrected chi connectivity index (χ3v) is 5.27. The van der Waals surface area contributed by atoms with Crippen LogP contribution in [0.15, 0.2) is 18.2 Å². The van der Waals surface area contributed by atoms with Gasteiger partial charge in [-0.3, -0.25) is 9.10 Å². The molecule has 0 heterocycles. The SMILES string of the molecule is Cc1c(C(=O)NC2CCCC2)cccc1N(C)S(C)(=O)=O. The maximum Gasteiger partial charge on any atom is 0.251 e. The van der Waals surface area contributed by atoms with E-state index >= 15 is 0 Å². The van der Waals surface area contributed by atoms with Crippen molar-refractivity contribution in [3.63, 3.8) is 0 Å². The Labute approximate surface area is 126 Å². The van der Waals surface area contributed by atoms with Crippen LogP contribution in [-0.4, -0.2) is 33.7 Å². The lowest BCUT2D eigenvalue weighted by Crippen LogP contribution is -2.33. The molecule has 6 heteroatoms. The van der Waals surface area contributed by atoms with E-state index in [1.165, 1.54) is 11.4 Å². The highest BCUT2D eigenvalue weighted by Gasteiger charge is 2.21. The molecule has 0 aromatic heterocycles. The molecule has 0 radical (unpaired) electrons. The van der Waals surface area contributed by atoms with Crippen molar-refractivity contribution in [2.75, 3.05) is 17.6 Å². The fraction of sp³-hybridized carbons (Fsp3) is 0.533. The number of hydrogen-bond acceptors (Lipinski definition) is 3. The third kappa shape index (κ3) is 3.56. The first-order valence-electron chi connectivity index (χ1n) is 7.15. The molecule has 1 N–H and O–H groups in total. The summed E-state index contributed by atoms with van der Waals surface area (Å²) >= 11 is 0. The van der Waals surface area contributed by atoms with Crippen LogP contribution in [-0.2, 0) is 10.0 Å². The Morgan fingerprint density at radius 3 is 2.48 bits per heavy atom. The summed E-state index contributed by atoms with van der Waals surface area (Å²) in [5, 5.41) is 3.03. The van der Waals surface area contributed by atoms with E-state index in [0.717, 1.165) is 31.9 Å². The third-order valence-electron chi connectivity index (χ3n) is 4.08. The number of anilines is 1. The lowest BCUT2D eigenvalue weighted by Gasteiger charge is -2.21. The Morgan fingerprint density at radius 1 is 1.29 bits per heavy atom. The van der Waals surface area contributed by atoms with Crippen molar-refractivity contribution < 1.29 is 13.2 Å². The molecule has 2 rings (SSSR count). The van der Waals surface area contributed by atoms with Crippen molar-refractivity contribution in [1.82, 2.24) is 5.32 Å². The summed E-state index contributed by atoms with van der Waals surface area (Å²) in [6.07, 6.45) is 5.50. The molecule has 1 saturated carbocycles. The van der Waals surface area contributed by atoms with Crippen molar-refractivity contribution in [2.45, 2.75) is 38.6 Å². The molecule has 0 aliphatic heterocycles. The average molecular weight is 310 g/mol. The number of nitrogens with zero attached hydrogens (tertiary/aromatic N) is 1. The summed E-state index contributed by atoms with van der Waals surface area (Å²) < 4.78 is 24.5. The number of hydrogen-bond donors (Lipinski definition) is 1. The van der Waals surface area contributed by atoms with Crippen molar-refractivity contribution in [2.24, 2.45) is 0 Å². The molecule has 1 aromatic rings. The van der Waals surface area contributed by atoms with Gasteiger partial charge in [-0.05, 0) is 37.5 Å². The number of carbonyl (C=O) groups is 1. The van der Waals surface area contributed by atoms with Gasteiger partial charge in [0.1, 0.15) is 0 Å². The Hall–Kier alpha value is -1.56. The summed E-state index contributed by atoms with van der Waals surface area (Å²) in [6.45, 7) is 1.78. The average Bonchev–Trinajstić information content (AvgIpc) is 2.90. The van der Waals surface area contributed by atoms with Crippen molar-refractivity contribution in [1.29, 1.82) is 0 Å². The monoisotopic (exact) mass is 310 g/mol. The minimum absolute atomic E-state index is 0.122. The number of benzene rings is 1. The molecule has 1 fully saturated rings. The summed E-state index contributed by atoms with van der Waals surface area (Å²) in [7, 11) is -1.85. The van der Waals surface area contributed by atoms with Crippen LogP contribution in [0.3, 0.4) is 0 Å². The smallest absolute Gasteiger partial charge is 0.251 e. The zero-order chi connectivity index (χ0) is 15.6. The molecule has 5 nitrogen and oxygen atoms in total. The van der Waals surface area contributed by atoms with Crippen LogP contribution >= 0.6 is 0 Å². The number of sulfonamides is 1. The normalized spacial score (nSPS) is 16.0. The molecule has 0 atom stereocenters. The maximum absolute atomic E-state index is 12.4. The summed E-state index contributed by atoms with van der Waals surface area (Å²) in [4.78, 5) is 12.4. The molecule has 21 heavy (non-hydrogen) atoms. The molecule has 1 aromatic carbocycles. The Bertz CT molecular complexity index is 634. The minimum atomic E-state index is -3.34. The highest BCUT2D eigenvalue weighted by molar-refractivity contribution is 7.92. The largest absolute Gasteiger partial charge is 0.349 e. The lowest BCUT2D eigenvalue weighted by atomic mass is 10.1. The maximum atomic E-state index is 12.4. The van der Waals surface area contributed by atoms with Crippen molar-refractivity contribution >= 4 is 21.6 Å². The molecule has 0 bridgehead atoms. The van der Waals surface area contributed by atoms with Crippen molar-refractivity contribution in [3.05, 3.63) is 29.3 Å². The summed E-state index contributed by atoms with van der Waals surface area (Å²) in [5.41, 5.74) is 1.76. The molecule has 1 aliphatic rings. The molecule has 1 aliphatic carbocycles. The van der Waals surface area contributed by atoms with Gasteiger partial charge in [0.05, 0.1) is 11.9 Å². The predicted octanol–water partition coefficient (Wildman–Crippen LogP) is 2.06. The van der Waals surface area contributed by atoms with Gasteiger partial charge in [0.25, 0.3) is 5.91 Å². The van der Waals surface area contributed by atoms with Crippen LogP contribution in [0.25, 0.3) is 0 Å². The van der Waals surface area contributed by atoms with Crippen LogP contribution in [0.4, 0.5) is 5.69 Å². The van der Waals surface area contributed by atoms with E-state index < -0.39 is 10.0 Å². The quantitative estimate of drug-likeness (QED) is 0.925. The van der Waals surface area contributed by atoms with Gasteiger partial charge in [-0.1, -0.05) is 18.9 Å². The van der Waals surface area contributed by atoms with E-state index in [0.29, 0.717) is 16.8 Å². The highest BCUT2D eigenvalue weighted by atomic mass is 32.2. The van der Waals surface area contributed by atoms with Gasteiger partial charge in [0, 0.05) is 18.7 Å². The van der Waals surface area contributed by atoms with Gasteiger partial charge < -0.3 is 5.32 Å². The Kier molecular flexibility index (Phi) is 4.56. The van der Waals surface area contributed by atoms with Gasteiger partial charge in [0.2, 0.25) is 10.0 Å². The lowest BCUT2D eigenvalue weighted by molar-refractivity contribution is 0.0937. The second-order valence-corrected chi connectivity index (χ2v) is 7.65. The van der Waals surface area contributed by atoms with Gasteiger partial charge in [-0.2, -0.15) is 0 Å². The molecule has 0 spiro atoms. The topological polar surface area (TPSA) is 66.5 Å². The molecular weight excluding hydrogens is 288 g/mol. The molecule has 0 saturated heterocycles. The molecular formula is C15H22N2O3S. The van der Waals surface area contributed by atoms with E-state index in [1.54, 1.807) is 25.1 Å². The summed E-state index contributed by atoms with van der Waals surface area (Å²) in [5.74, 6) is -0.122. The van der Waals surface area contributed by atoms with E-state index in [-0.39, 0.29) is 11.9 Å². The van der Waals surface area contributed by atoms with E-state index in [9.17, 15) is 13.2 Å². The van der Waals surface area contributed by atoms with Crippen LogP contribution in [0.5, 0.6) is 0 Å². The van der Waals surface area contributed by atoms with Crippen LogP contribution in [0.2, 0.25) is 0 Å². The van der Waals surface area contributed by atoms with Crippen LogP contribution < -0.4 is 9.62 Å². The molecule has 116 valence electrons. The standard InChI is InChI=1S/C15H22N2O3S/c1-11-13(15(18)16-12-7-4-5-8-12)9-6-10-14(11)17(2)21(3,19)20/h6,9-10,12H,4-5,7-8H2,1-3H3,(H,16,18). The zero-order valence-corrected chi connectivity index (χ0v) is 13.5. The Balaban J connectivity index is 2.26. The number of rotatable bonds is 4. The van der Waals surface area contributed by atoms with Crippen LogP contribution in [0.1, 0.15) is 41.6 Å². The van der Waals surface area contributed by atoms with E-state index in [1.807, 2.05) is 0 Å². The predicted molar refractivity (Wildman–Crippen MR) is 84.1 cm³/mol. The second-order valence-electron chi connectivity index (χ2n) is 5.64. The van der Waals surface area contributed by atoms with Crippen molar-refractivity contribution in [3.8, 4) is 0 Å². The molecule has 0 unspecified atom stereocenters. The zero-order valence-electron chi connectivity index (χ0n) is 12.7. The molecule has 1 amide bonds. The van der Waals surface area contributed by atoms with Gasteiger partial charge in [0.15, 0.2) is 0 Å². The number of nitrogens with one attached hydrogen (secondary N) is 1. The first-order chi connectivity index (χ1) is 9.80. The minimum Gasteiger partial charge on any atom is -0.349 e. The summed E-state index contributed by atoms with van der Waals surface area (Å²) in [6, 6.07) is 5.41. The van der Waals surface area contributed by atoms with E-state index in [2.05, 4.69) is 5.32 Å². The fourth-order valence-electron chi connectivity index (χ4n) is 2.72. The second kappa shape index (κ2) is 6.05. The van der Waals surface area contributed by atoms with Gasteiger partial charge in [-0.25, -0.2) is 8.42 Å². The first-order valence-corrected chi connectivity index (χ1v) is 9.00. The number of carbonyl (C=O) groups excluding carboxylic acids is 1. The van der Waals surface area contributed by atoms with E-state index in [4.69, 9.17) is 0 Å². The van der Waals surface area contributed by atoms with Gasteiger partial charge >= 0.3 is 0 Å². The highest BCUT2D eigenvalue weighted by Crippen LogP contribution is 2.25. The fourth-order valence-corrected chi connectivity index (χ4v) is 3.28. The van der Waals surface area contributed by atoms with Crippen LogP contribution in [0, 0.1) is 6.92 Å².